The zero-order chi connectivity index (χ0) is 17.6. The van der Waals surface area contributed by atoms with Gasteiger partial charge in [-0.2, -0.15) is 5.10 Å². The first-order valence-electron chi connectivity index (χ1n) is 8.31. The molecule has 134 valence electrons. The number of primary amides is 1. The van der Waals surface area contributed by atoms with E-state index in [0.717, 1.165) is 43.9 Å². The van der Waals surface area contributed by atoms with Gasteiger partial charge >= 0.3 is 0 Å². The van der Waals surface area contributed by atoms with Gasteiger partial charge in [0.1, 0.15) is 12.2 Å². The largest absolute Gasteiger partial charge is 0.493 e. The Morgan fingerprint density at radius 3 is 3.04 bits per heavy atom. The molecular formula is C17H23N5O3. The third-order valence-corrected chi connectivity index (χ3v) is 4.33. The van der Waals surface area contributed by atoms with Gasteiger partial charge < -0.3 is 15.2 Å². The minimum atomic E-state index is -0.516. The monoisotopic (exact) mass is 345 g/mol. The number of nitrogens with zero attached hydrogens (tertiary/aromatic N) is 3. The van der Waals surface area contributed by atoms with Crippen LogP contribution >= 0.6 is 0 Å². The van der Waals surface area contributed by atoms with Gasteiger partial charge in [0.15, 0.2) is 18.1 Å². The van der Waals surface area contributed by atoms with Gasteiger partial charge in [0.2, 0.25) is 0 Å². The predicted molar refractivity (Wildman–Crippen MR) is 91.3 cm³/mol. The highest BCUT2D eigenvalue weighted by Crippen LogP contribution is 2.30. The van der Waals surface area contributed by atoms with Crippen molar-refractivity contribution < 1.29 is 14.3 Å². The number of hydrogen-bond donors (Lipinski definition) is 2. The Bertz CT molecular complexity index is 704. The molecule has 2 aromatic rings. The summed E-state index contributed by atoms with van der Waals surface area (Å²) in [5.41, 5.74) is 6.24. The Labute approximate surface area is 146 Å². The van der Waals surface area contributed by atoms with E-state index in [9.17, 15) is 4.79 Å². The van der Waals surface area contributed by atoms with E-state index < -0.39 is 5.91 Å². The molecule has 0 aliphatic carbocycles. The van der Waals surface area contributed by atoms with Crippen LogP contribution < -0.4 is 15.2 Å². The van der Waals surface area contributed by atoms with E-state index in [0.29, 0.717) is 17.4 Å². The SMILES string of the molecule is COc1cc(CN2CCCC(c3ncn[nH]3)C2)ccc1OCC(N)=O. The molecule has 0 bridgehead atoms. The maximum Gasteiger partial charge on any atom is 0.255 e. The number of aromatic nitrogens is 3. The predicted octanol–water partition coefficient (Wildman–Crippen LogP) is 1.06. The molecule has 2 heterocycles. The lowest BCUT2D eigenvalue weighted by Crippen LogP contribution is -2.34. The number of rotatable bonds is 7. The molecule has 1 unspecified atom stereocenters. The van der Waals surface area contributed by atoms with E-state index in [-0.39, 0.29) is 6.61 Å². The molecule has 1 aliphatic rings. The van der Waals surface area contributed by atoms with Crippen LogP contribution in [0.15, 0.2) is 24.5 Å². The minimum absolute atomic E-state index is 0.166. The van der Waals surface area contributed by atoms with Crippen molar-refractivity contribution in [1.82, 2.24) is 20.1 Å². The second-order valence-corrected chi connectivity index (χ2v) is 6.19. The quantitative estimate of drug-likeness (QED) is 0.777. The smallest absolute Gasteiger partial charge is 0.255 e. The van der Waals surface area contributed by atoms with Crippen LogP contribution in [-0.2, 0) is 11.3 Å². The minimum Gasteiger partial charge on any atom is -0.493 e. The fraction of sp³-hybridized carbons (Fsp3) is 0.471. The number of methoxy groups -OCH3 is 1. The number of nitrogens with one attached hydrogen (secondary N) is 1. The molecule has 1 fully saturated rings. The van der Waals surface area contributed by atoms with E-state index in [1.54, 1.807) is 13.4 Å². The zero-order valence-corrected chi connectivity index (χ0v) is 14.3. The molecule has 8 nitrogen and oxygen atoms in total. The van der Waals surface area contributed by atoms with Gasteiger partial charge in [0, 0.05) is 19.0 Å². The number of nitrogens with two attached hydrogens (primary N) is 1. The standard InChI is InChI=1S/C17H23N5O3/c1-24-15-7-12(4-5-14(15)25-10-16(18)23)8-22-6-2-3-13(9-22)17-19-11-20-21-17/h4-5,7,11,13H,2-3,6,8-10H2,1H3,(H2,18,23)(H,19,20,21). The molecule has 1 aliphatic heterocycles. The Hall–Kier alpha value is -2.61. The van der Waals surface area contributed by atoms with Crippen LogP contribution in [0.5, 0.6) is 11.5 Å². The maximum atomic E-state index is 10.9. The summed E-state index contributed by atoms with van der Waals surface area (Å²) in [6.45, 7) is 2.64. The molecule has 1 aromatic carbocycles. The van der Waals surface area contributed by atoms with E-state index >= 15 is 0 Å². The highest BCUT2D eigenvalue weighted by atomic mass is 16.5. The Morgan fingerprint density at radius 1 is 1.44 bits per heavy atom. The Kier molecular flexibility index (Phi) is 5.49. The van der Waals surface area contributed by atoms with Crippen molar-refractivity contribution in [3.8, 4) is 11.5 Å². The van der Waals surface area contributed by atoms with Gasteiger partial charge in [0.05, 0.1) is 7.11 Å². The lowest BCUT2D eigenvalue weighted by atomic mass is 9.97. The number of likely N-dealkylation sites (tertiary alicyclic amines) is 1. The molecule has 3 rings (SSSR count). The topological polar surface area (TPSA) is 106 Å². The molecule has 0 saturated carbocycles. The average Bonchev–Trinajstić information content (AvgIpc) is 3.15. The Morgan fingerprint density at radius 2 is 2.32 bits per heavy atom. The van der Waals surface area contributed by atoms with Crippen LogP contribution in [0, 0.1) is 0 Å². The molecular weight excluding hydrogens is 322 g/mol. The van der Waals surface area contributed by atoms with E-state index in [1.807, 2.05) is 18.2 Å². The van der Waals surface area contributed by atoms with Crippen molar-refractivity contribution in [1.29, 1.82) is 0 Å². The number of carbonyl (C=O) groups is 1. The number of amides is 1. The molecule has 1 atom stereocenters. The third-order valence-electron chi connectivity index (χ3n) is 4.33. The number of hydrogen-bond acceptors (Lipinski definition) is 6. The van der Waals surface area contributed by atoms with Crippen LogP contribution in [0.4, 0.5) is 0 Å². The lowest BCUT2D eigenvalue weighted by molar-refractivity contribution is -0.119. The molecule has 8 heteroatoms. The van der Waals surface area contributed by atoms with E-state index in [1.165, 1.54) is 0 Å². The van der Waals surface area contributed by atoms with Gasteiger partial charge in [0.25, 0.3) is 5.91 Å². The summed E-state index contributed by atoms with van der Waals surface area (Å²) in [6.07, 6.45) is 3.81. The summed E-state index contributed by atoms with van der Waals surface area (Å²) in [4.78, 5) is 17.6. The number of carbonyl (C=O) groups excluding carboxylic acids is 1. The summed E-state index contributed by atoms with van der Waals surface area (Å²) < 4.78 is 10.7. The maximum absolute atomic E-state index is 10.9. The van der Waals surface area contributed by atoms with Crippen molar-refractivity contribution in [2.45, 2.75) is 25.3 Å². The molecule has 1 amide bonds. The molecule has 1 saturated heterocycles. The first-order valence-corrected chi connectivity index (χ1v) is 8.31. The molecule has 0 spiro atoms. The summed E-state index contributed by atoms with van der Waals surface area (Å²) in [6, 6.07) is 5.74. The number of piperidine rings is 1. The second kappa shape index (κ2) is 7.98. The van der Waals surface area contributed by atoms with Crippen LogP contribution in [0.1, 0.15) is 30.1 Å². The van der Waals surface area contributed by atoms with Crippen molar-refractivity contribution in [3.05, 3.63) is 35.9 Å². The van der Waals surface area contributed by atoms with Gasteiger partial charge in [-0.05, 0) is 37.1 Å². The normalized spacial score (nSPS) is 18.0. The van der Waals surface area contributed by atoms with Crippen molar-refractivity contribution in [2.75, 3.05) is 26.8 Å². The van der Waals surface area contributed by atoms with Gasteiger partial charge in [-0.1, -0.05) is 6.07 Å². The van der Waals surface area contributed by atoms with Crippen LogP contribution in [0.2, 0.25) is 0 Å². The summed E-state index contributed by atoms with van der Waals surface area (Å²) in [5.74, 6) is 1.94. The highest BCUT2D eigenvalue weighted by molar-refractivity contribution is 5.75. The van der Waals surface area contributed by atoms with Gasteiger partial charge in [-0.3, -0.25) is 14.8 Å². The average molecular weight is 345 g/mol. The highest BCUT2D eigenvalue weighted by Gasteiger charge is 2.23. The molecule has 25 heavy (non-hydrogen) atoms. The number of H-pyrrole nitrogens is 1. The summed E-state index contributed by atoms with van der Waals surface area (Å²) in [5, 5.41) is 6.93. The molecule has 1 aromatic heterocycles. The van der Waals surface area contributed by atoms with Gasteiger partial charge in [-0.25, -0.2) is 4.98 Å². The van der Waals surface area contributed by atoms with E-state index in [4.69, 9.17) is 15.2 Å². The van der Waals surface area contributed by atoms with Gasteiger partial charge in [-0.15, -0.1) is 0 Å². The zero-order valence-electron chi connectivity index (χ0n) is 14.3. The number of aromatic amines is 1. The first kappa shape index (κ1) is 17.2. The summed E-state index contributed by atoms with van der Waals surface area (Å²) in [7, 11) is 1.58. The van der Waals surface area contributed by atoms with Crippen molar-refractivity contribution in [2.24, 2.45) is 5.73 Å². The van der Waals surface area contributed by atoms with Crippen LogP contribution in [-0.4, -0.2) is 52.8 Å². The van der Waals surface area contributed by atoms with Crippen LogP contribution in [0.25, 0.3) is 0 Å². The van der Waals surface area contributed by atoms with E-state index in [2.05, 4.69) is 20.1 Å². The fourth-order valence-electron chi connectivity index (χ4n) is 3.17. The van der Waals surface area contributed by atoms with Crippen LogP contribution in [0.3, 0.4) is 0 Å². The number of ether oxygens (including phenoxy) is 2. The third kappa shape index (κ3) is 4.48. The van der Waals surface area contributed by atoms with Crippen molar-refractivity contribution >= 4 is 5.91 Å². The second-order valence-electron chi connectivity index (χ2n) is 6.19. The molecule has 3 N–H and O–H groups in total. The lowest BCUT2D eigenvalue weighted by Gasteiger charge is -2.31. The Balaban J connectivity index is 1.64. The molecule has 0 radical (unpaired) electrons. The summed E-state index contributed by atoms with van der Waals surface area (Å²) >= 11 is 0. The first-order chi connectivity index (χ1) is 12.2. The fourth-order valence-corrected chi connectivity index (χ4v) is 3.17. The van der Waals surface area contributed by atoms with Crippen molar-refractivity contribution in [3.63, 3.8) is 0 Å². The number of benzene rings is 1.